The fourth-order valence-corrected chi connectivity index (χ4v) is 3.13. The smallest absolute Gasteiger partial charge is 0.233 e. The van der Waals surface area contributed by atoms with E-state index in [0.717, 1.165) is 26.2 Å². The van der Waals surface area contributed by atoms with Crippen LogP contribution in [0.15, 0.2) is 0 Å². The average Bonchev–Trinajstić information content (AvgIpc) is 2.15. The molecule has 0 aliphatic carbocycles. The Kier molecular flexibility index (Phi) is 5.84. The third kappa shape index (κ3) is 4.26. The lowest BCUT2D eigenvalue weighted by Gasteiger charge is -2.32. The van der Waals surface area contributed by atoms with Gasteiger partial charge in [0.25, 0.3) is 0 Å². The van der Waals surface area contributed by atoms with Crippen LogP contribution in [-0.4, -0.2) is 54.7 Å². The zero-order valence-electron chi connectivity index (χ0n) is 7.53. The van der Waals surface area contributed by atoms with Gasteiger partial charge in [-0.15, -0.1) is 0 Å². The Morgan fingerprint density at radius 3 is 2.54 bits per heavy atom. The van der Waals surface area contributed by atoms with Crippen molar-refractivity contribution in [3.63, 3.8) is 0 Å². The van der Waals surface area contributed by atoms with Gasteiger partial charge in [0.2, 0.25) is 5.91 Å². The molecule has 0 bridgehead atoms. The van der Waals surface area contributed by atoms with Gasteiger partial charge in [0.15, 0.2) is 0 Å². The van der Waals surface area contributed by atoms with Crippen LogP contribution in [0, 0.1) is 0 Å². The Labute approximate surface area is 99.0 Å². The molecular formula is C7H13IN2OS2. The van der Waals surface area contributed by atoms with Gasteiger partial charge in [0.1, 0.15) is 0 Å². The van der Waals surface area contributed by atoms with E-state index in [9.17, 15) is 4.79 Å². The molecule has 6 heteroatoms. The summed E-state index contributed by atoms with van der Waals surface area (Å²) in [5.74, 6) is 0.888. The molecule has 0 radical (unpaired) electrons. The highest BCUT2D eigenvalue weighted by Gasteiger charge is 2.18. The fraction of sp³-hybridized carbons (Fsp3) is 0.857. The molecule has 1 amide bonds. The summed E-state index contributed by atoms with van der Waals surface area (Å²) in [4.78, 5) is 15.7. The van der Waals surface area contributed by atoms with Gasteiger partial charge in [-0.25, -0.2) is 0 Å². The number of halogens is 1. The summed E-state index contributed by atoms with van der Waals surface area (Å²) in [5, 5.41) is 0. The topological polar surface area (TPSA) is 23.6 Å². The van der Waals surface area contributed by atoms with Gasteiger partial charge in [-0.05, 0) is 15.0 Å². The van der Waals surface area contributed by atoms with Crippen molar-refractivity contribution >= 4 is 45.9 Å². The van der Waals surface area contributed by atoms with Gasteiger partial charge in [-0.1, -0.05) is 10.8 Å². The summed E-state index contributed by atoms with van der Waals surface area (Å²) < 4.78 is 0. The van der Waals surface area contributed by atoms with Crippen LogP contribution in [0.4, 0.5) is 0 Å². The lowest BCUT2D eigenvalue weighted by Crippen LogP contribution is -2.47. The van der Waals surface area contributed by atoms with Gasteiger partial charge in [0.05, 0.1) is 5.75 Å². The van der Waals surface area contributed by atoms with Crippen molar-refractivity contribution in [2.24, 2.45) is 0 Å². The molecule has 1 heterocycles. The van der Waals surface area contributed by atoms with E-state index in [-0.39, 0.29) is 5.91 Å². The SMILES string of the molecule is CN1CCN(C(=O)CSSI)CC1. The minimum atomic E-state index is 0.280. The standard InChI is InChI=1S/C7H13IN2OS2/c1-9-2-4-10(5-3-9)7(11)6-12-13-8/h2-6H2,1H3. The van der Waals surface area contributed by atoms with E-state index in [4.69, 9.17) is 0 Å². The number of carbonyl (C=O) groups excluding carboxylic acids is 1. The van der Waals surface area contributed by atoms with Gasteiger partial charge >= 0.3 is 0 Å². The molecule has 3 nitrogen and oxygen atoms in total. The van der Waals surface area contributed by atoms with Crippen LogP contribution in [0.1, 0.15) is 0 Å². The van der Waals surface area contributed by atoms with Crippen LogP contribution < -0.4 is 0 Å². The highest BCUT2D eigenvalue weighted by molar-refractivity contribution is 14.2. The zero-order valence-corrected chi connectivity index (χ0v) is 11.3. The summed E-state index contributed by atoms with van der Waals surface area (Å²) in [6.45, 7) is 3.80. The molecule has 1 rings (SSSR count). The lowest BCUT2D eigenvalue weighted by atomic mass is 10.3. The Hall–Kier alpha value is 0.860. The number of likely N-dealkylation sites (N-methyl/N-ethyl adjacent to an activating group) is 1. The predicted molar refractivity (Wildman–Crippen MR) is 68.1 cm³/mol. The third-order valence-electron chi connectivity index (χ3n) is 2.08. The maximum atomic E-state index is 11.5. The van der Waals surface area contributed by atoms with Gasteiger partial charge < -0.3 is 9.80 Å². The molecule has 0 atom stereocenters. The van der Waals surface area contributed by atoms with Crippen molar-refractivity contribution in [3.8, 4) is 0 Å². The number of piperazine rings is 1. The van der Waals surface area contributed by atoms with Crippen LogP contribution in [-0.2, 0) is 4.79 Å². The molecule has 1 saturated heterocycles. The molecule has 0 aromatic rings. The first-order valence-corrected chi connectivity index (χ1v) is 8.96. The van der Waals surface area contributed by atoms with E-state index in [1.165, 1.54) is 0 Å². The summed E-state index contributed by atoms with van der Waals surface area (Å²) in [7, 11) is 5.33. The van der Waals surface area contributed by atoms with Crippen LogP contribution >= 0.6 is 40.0 Å². The number of hydrogen-bond donors (Lipinski definition) is 0. The summed E-state index contributed by atoms with van der Waals surface area (Å²) in [6.07, 6.45) is 0. The van der Waals surface area contributed by atoms with Crippen LogP contribution in [0.2, 0.25) is 0 Å². The van der Waals surface area contributed by atoms with Crippen molar-refractivity contribution in [2.45, 2.75) is 0 Å². The number of nitrogens with zero attached hydrogens (tertiary/aromatic N) is 2. The van der Waals surface area contributed by atoms with Crippen LogP contribution in [0.5, 0.6) is 0 Å². The molecule has 0 saturated carbocycles. The van der Waals surface area contributed by atoms with E-state index in [0.29, 0.717) is 5.75 Å². The van der Waals surface area contributed by atoms with Crippen molar-refractivity contribution in [3.05, 3.63) is 0 Å². The first-order valence-electron chi connectivity index (χ1n) is 4.10. The maximum Gasteiger partial charge on any atom is 0.233 e. The quantitative estimate of drug-likeness (QED) is 0.577. The highest BCUT2D eigenvalue weighted by atomic mass is 127. The molecular weight excluding hydrogens is 319 g/mol. The summed E-state index contributed by atoms with van der Waals surface area (Å²) >= 11 is 2.20. The molecule has 0 aromatic heterocycles. The first kappa shape index (κ1) is 11.9. The number of carbonyl (C=O) groups is 1. The normalized spacial score (nSPS) is 19.1. The second-order valence-electron chi connectivity index (χ2n) is 3.01. The number of rotatable bonds is 3. The second-order valence-corrected chi connectivity index (χ2v) is 7.98. The molecule has 13 heavy (non-hydrogen) atoms. The van der Waals surface area contributed by atoms with Crippen molar-refractivity contribution in [2.75, 3.05) is 39.0 Å². The van der Waals surface area contributed by atoms with Crippen molar-refractivity contribution < 1.29 is 4.79 Å². The zero-order chi connectivity index (χ0) is 9.68. The Balaban J connectivity index is 2.23. The number of amides is 1. The van der Waals surface area contributed by atoms with Gasteiger partial charge in [0, 0.05) is 47.4 Å². The third-order valence-corrected chi connectivity index (χ3v) is 5.45. The molecule has 0 unspecified atom stereocenters. The summed E-state index contributed by atoms with van der Waals surface area (Å²) in [5.41, 5.74) is 0. The maximum absolute atomic E-state index is 11.5. The molecule has 0 aromatic carbocycles. The average molecular weight is 332 g/mol. The molecule has 0 N–H and O–H groups in total. The van der Waals surface area contributed by atoms with Crippen molar-refractivity contribution in [1.82, 2.24) is 9.80 Å². The van der Waals surface area contributed by atoms with Gasteiger partial charge in [-0.2, -0.15) is 0 Å². The minimum absolute atomic E-state index is 0.280. The molecule has 1 aliphatic rings. The molecule has 1 fully saturated rings. The van der Waals surface area contributed by atoms with E-state index < -0.39 is 0 Å². The molecule has 1 aliphatic heterocycles. The van der Waals surface area contributed by atoms with Crippen LogP contribution in [0.3, 0.4) is 0 Å². The first-order chi connectivity index (χ1) is 6.24. The van der Waals surface area contributed by atoms with Crippen LogP contribution in [0.25, 0.3) is 0 Å². The minimum Gasteiger partial charge on any atom is -0.339 e. The van der Waals surface area contributed by atoms with Gasteiger partial charge in [-0.3, -0.25) is 4.79 Å². The fourth-order valence-electron chi connectivity index (χ4n) is 1.22. The largest absolute Gasteiger partial charge is 0.339 e. The number of hydrogen-bond acceptors (Lipinski definition) is 4. The Bertz CT molecular complexity index is 174. The van der Waals surface area contributed by atoms with E-state index >= 15 is 0 Å². The van der Waals surface area contributed by atoms with E-state index in [2.05, 4.69) is 33.2 Å². The predicted octanol–water partition coefficient (Wildman–Crippen LogP) is 1.49. The van der Waals surface area contributed by atoms with E-state index in [1.807, 2.05) is 4.90 Å². The Morgan fingerprint density at radius 2 is 2.00 bits per heavy atom. The van der Waals surface area contributed by atoms with Crippen molar-refractivity contribution in [1.29, 1.82) is 0 Å². The monoisotopic (exact) mass is 332 g/mol. The van der Waals surface area contributed by atoms with E-state index in [1.54, 1.807) is 18.8 Å². The lowest BCUT2D eigenvalue weighted by molar-refractivity contribution is -0.129. The summed E-state index contributed by atoms with van der Waals surface area (Å²) in [6, 6.07) is 0. The molecule has 0 spiro atoms. The Morgan fingerprint density at radius 1 is 1.38 bits per heavy atom. The highest BCUT2D eigenvalue weighted by Crippen LogP contribution is 2.28. The molecule has 76 valence electrons. The second kappa shape index (κ2) is 6.36.